The number of piperazine rings is 1. The molecule has 0 spiro atoms. The van der Waals surface area contributed by atoms with Crippen LogP contribution in [0.4, 0.5) is 0 Å². The Kier molecular flexibility index (Phi) is 6.52. The Hall–Kier alpha value is -1.75. The standard InChI is InChI=1S/C20H21Cl2N5O2S2/c1-24-19(15-6-8-16(21)9-7-15)23-27(20(24)30)14-25-10-12-26(13-11-25)31(28,29)18-5-3-2-4-17(18)22/h2-9H,10-14H2,1H3. The summed E-state index contributed by atoms with van der Waals surface area (Å²) in [4.78, 5) is 2.28. The lowest BCUT2D eigenvalue weighted by Crippen LogP contribution is -2.49. The quantitative estimate of drug-likeness (QED) is 0.500. The topological polar surface area (TPSA) is 63.4 Å². The Morgan fingerprint density at radius 3 is 2.29 bits per heavy atom. The summed E-state index contributed by atoms with van der Waals surface area (Å²) < 4.78 is 31.6. The number of aromatic nitrogens is 3. The molecule has 0 aliphatic carbocycles. The number of hydrogen-bond donors (Lipinski definition) is 0. The highest BCUT2D eigenvalue weighted by molar-refractivity contribution is 7.89. The highest BCUT2D eigenvalue weighted by atomic mass is 35.5. The summed E-state index contributed by atoms with van der Waals surface area (Å²) in [5, 5.41) is 5.57. The maximum absolute atomic E-state index is 12.9. The molecule has 164 valence electrons. The molecule has 0 atom stereocenters. The van der Waals surface area contributed by atoms with E-state index >= 15 is 0 Å². The van der Waals surface area contributed by atoms with Crippen molar-refractivity contribution >= 4 is 45.4 Å². The molecule has 0 saturated carbocycles. The molecule has 11 heteroatoms. The van der Waals surface area contributed by atoms with Crippen LogP contribution in [0.25, 0.3) is 11.4 Å². The van der Waals surface area contributed by atoms with Gasteiger partial charge in [0, 0.05) is 43.8 Å². The van der Waals surface area contributed by atoms with Crippen molar-refractivity contribution in [2.45, 2.75) is 11.6 Å². The van der Waals surface area contributed by atoms with Gasteiger partial charge in [0.1, 0.15) is 4.90 Å². The van der Waals surface area contributed by atoms with E-state index in [9.17, 15) is 8.42 Å². The SMILES string of the molecule is Cn1c(-c2ccc(Cl)cc2)nn(CN2CCN(S(=O)(=O)c3ccccc3Cl)CC2)c1=S. The minimum atomic E-state index is -3.62. The summed E-state index contributed by atoms with van der Waals surface area (Å²) in [6, 6.07) is 14.0. The van der Waals surface area contributed by atoms with E-state index in [2.05, 4.69) is 10.00 Å². The van der Waals surface area contributed by atoms with Gasteiger partial charge in [-0.2, -0.15) is 9.40 Å². The smallest absolute Gasteiger partial charge is 0.244 e. The third-order valence-electron chi connectivity index (χ3n) is 5.26. The predicted molar refractivity (Wildman–Crippen MR) is 124 cm³/mol. The monoisotopic (exact) mass is 497 g/mol. The lowest BCUT2D eigenvalue weighted by atomic mass is 10.2. The van der Waals surface area contributed by atoms with Gasteiger partial charge in [-0.3, -0.25) is 4.90 Å². The molecule has 2 aromatic carbocycles. The van der Waals surface area contributed by atoms with Gasteiger partial charge in [-0.1, -0.05) is 35.3 Å². The molecule has 1 fully saturated rings. The average molecular weight is 498 g/mol. The molecule has 1 aromatic heterocycles. The second kappa shape index (κ2) is 9.01. The van der Waals surface area contributed by atoms with E-state index < -0.39 is 10.0 Å². The lowest BCUT2D eigenvalue weighted by molar-refractivity contribution is 0.144. The van der Waals surface area contributed by atoms with Gasteiger partial charge < -0.3 is 4.57 Å². The van der Waals surface area contributed by atoms with Crippen LogP contribution in [0.15, 0.2) is 53.4 Å². The zero-order valence-electron chi connectivity index (χ0n) is 16.8. The molecule has 0 unspecified atom stereocenters. The Bertz CT molecular complexity index is 1250. The first-order valence-electron chi connectivity index (χ1n) is 9.64. The Morgan fingerprint density at radius 1 is 1.00 bits per heavy atom. The predicted octanol–water partition coefficient (Wildman–Crippen LogP) is 3.89. The second-order valence-electron chi connectivity index (χ2n) is 7.27. The van der Waals surface area contributed by atoms with Gasteiger partial charge in [0.25, 0.3) is 0 Å². The first-order valence-corrected chi connectivity index (χ1v) is 12.2. The van der Waals surface area contributed by atoms with Crippen LogP contribution in [0, 0.1) is 4.77 Å². The maximum atomic E-state index is 12.9. The minimum Gasteiger partial charge on any atom is -0.303 e. The van der Waals surface area contributed by atoms with Gasteiger partial charge in [-0.15, -0.1) is 0 Å². The van der Waals surface area contributed by atoms with Crippen LogP contribution in [0.2, 0.25) is 10.0 Å². The highest BCUT2D eigenvalue weighted by Crippen LogP contribution is 2.25. The van der Waals surface area contributed by atoms with Crippen LogP contribution in [-0.2, 0) is 23.7 Å². The van der Waals surface area contributed by atoms with Crippen LogP contribution in [0.3, 0.4) is 0 Å². The van der Waals surface area contributed by atoms with Gasteiger partial charge in [0.2, 0.25) is 10.0 Å². The molecule has 0 radical (unpaired) electrons. The Labute approximate surface area is 196 Å². The first kappa shape index (κ1) is 22.4. The molecule has 1 aliphatic rings. The average Bonchev–Trinajstić information content (AvgIpc) is 3.03. The van der Waals surface area contributed by atoms with Crippen LogP contribution in [-0.4, -0.2) is 58.1 Å². The number of nitrogens with zero attached hydrogens (tertiary/aromatic N) is 5. The fourth-order valence-electron chi connectivity index (χ4n) is 3.52. The summed E-state index contributed by atoms with van der Waals surface area (Å²) in [6.07, 6.45) is 0. The van der Waals surface area contributed by atoms with E-state index in [0.717, 1.165) is 11.4 Å². The summed E-state index contributed by atoms with van der Waals surface area (Å²) in [6.45, 7) is 2.37. The summed E-state index contributed by atoms with van der Waals surface area (Å²) in [5.74, 6) is 0.751. The maximum Gasteiger partial charge on any atom is 0.244 e. The second-order valence-corrected chi connectivity index (χ2v) is 10.4. The van der Waals surface area contributed by atoms with E-state index in [1.54, 1.807) is 22.9 Å². The van der Waals surface area contributed by atoms with Crippen molar-refractivity contribution in [1.29, 1.82) is 0 Å². The number of benzene rings is 2. The van der Waals surface area contributed by atoms with E-state index in [0.29, 0.717) is 42.6 Å². The number of halogens is 2. The number of rotatable bonds is 5. The van der Waals surface area contributed by atoms with Gasteiger partial charge in [0.15, 0.2) is 10.6 Å². The van der Waals surface area contributed by atoms with Gasteiger partial charge in [-0.05, 0) is 48.6 Å². The van der Waals surface area contributed by atoms with Gasteiger partial charge in [0.05, 0.1) is 11.7 Å². The van der Waals surface area contributed by atoms with E-state index in [1.165, 1.54) is 10.4 Å². The Balaban J connectivity index is 1.46. The summed E-state index contributed by atoms with van der Waals surface area (Å²) in [7, 11) is -1.74. The molecule has 7 nitrogen and oxygen atoms in total. The van der Waals surface area contributed by atoms with Crippen molar-refractivity contribution in [1.82, 2.24) is 23.6 Å². The highest BCUT2D eigenvalue weighted by Gasteiger charge is 2.30. The fraction of sp³-hybridized carbons (Fsp3) is 0.300. The number of hydrogen-bond acceptors (Lipinski definition) is 5. The molecule has 1 aliphatic heterocycles. The first-order chi connectivity index (χ1) is 14.8. The molecular weight excluding hydrogens is 477 g/mol. The molecule has 0 amide bonds. The van der Waals surface area contributed by atoms with E-state index in [1.807, 2.05) is 35.9 Å². The van der Waals surface area contributed by atoms with Crippen LogP contribution >= 0.6 is 35.4 Å². The van der Waals surface area contributed by atoms with Crippen LogP contribution < -0.4 is 0 Å². The van der Waals surface area contributed by atoms with Crippen molar-refractivity contribution in [2.24, 2.45) is 7.05 Å². The zero-order chi connectivity index (χ0) is 22.2. The van der Waals surface area contributed by atoms with Gasteiger partial charge >= 0.3 is 0 Å². The van der Waals surface area contributed by atoms with Crippen molar-refractivity contribution in [3.8, 4) is 11.4 Å². The molecule has 0 N–H and O–H groups in total. The van der Waals surface area contributed by atoms with Crippen LogP contribution in [0.1, 0.15) is 0 Å². The van der Waals surface area contributed by atoms with Crippen molar-refractivity contribution in [2.75, 3.05) is 26.2 Å². The molecule has 3 aromatic rings. The number of sulfonamides is 1. The molecule has 1 saturated heterocycles. The van der Waals surface area contributed by atoms with Crippen molar-refractivity contribution in [3.05, 3.63) is 63.3 Å². The van der Waals surface area contributed by atoms with Crippen molar-refractivity contribution < 1.29 is 8.42 Å². The molecule has 0 bridgehead atoms. The zero-order valence-corrected chi connectivity index (χ0v) is 19.9. The normalized spacial score (nSPS) is 16.0. The molecule has 31 heavy (non-hydrogen) atoms. The Morgan fingerprint density at radius 2 is 1.65 bits per heavy atom. The minimum absolute atomic E-state index is 0.143. The third kappa shape index (κ3) is 4.57. The van der Waals surface area contributed by atoms with E-state index in [-0.39, 0.29) is 9.92 Å². The summed E-state index contributed by atoms with van der Waals surface area (Å²) in [5.41, 5.74) is 0.924. The van der Waals surface area contributed by atoms with E-state index in [4.69, 9.17) is 35.4 Å². The molecular formula is C20H21Cl2N5O2S2. The van der Waals surface area contributed by atoms with Crippen molar-refractivity contribution in [3.63, 3.8) is 0 Å². The van der Waals surface area contributed by atoms with Gasteiger partial charge in [-0.25, -0.2) is 13.1 Å². The largest absolute Gasteiger partial charge is 0.303 e. The third-order valence-corrected chi connectivity index (χ3v) is 8.40. The molecule has 2 heterocycles. The lowest BCUT2D eigenvalue weighted by Gasteiger charge is -2.33. The summed E-state index contributed by atoms with van der Waals surface area (Å²) >= 11 is 17.6. The van der Waals surface area contributed by atoms with Crippen LogP contribution in [0.5, 0.6) is 0 Å². The fourth-order valence-corrected chi connectivity index (χ4v) is 5.75. The molecule has 4 rings (SSSR count).